The Bertz CT molecular complexity index is 2830. The number of nitrogens with zero attached hydrogens (tertiary/aromatic N) is 4. The van der Waals surface area contributed by atoms with Crippen LogP contribution < -0.4 is 0 Å². The van der Waals surface area contributed by atoms with Crippen LogP contribution in [-0.4, -0.2) is 19.9 Å². The molecule has 0 saturated carbocycles. The van der Waals surface area contributed by atoms with Crippen LogP contribution >= 0.6 is 11.3 Å². The molecule has 5 heteroatoms. The Kier molecular flexibility index (Phi) is 6.96. The van der Waals surface area contributed by atoms with Crippen LogP contribution in [0.4, 0.5) is 0 Å². The van der Waals surface area contributed by atoms with E-state index < -0.39 is 0 Å². The number of para-hydroxylation sites is 1. The van der Waals surface area contributed by atoms with Gasteiger partial charge in [-0.2, -0.15) is 0 Å². The molecule has 0 amide bonds. The van der Waals surface area contributed by atoms with Gasteiger partial charge in [0.05, 0.1) is 34.0 Å². The molecule has 0 radical (unpaired) electrons. The summed E-state index contributed by atoms with van der Waals surface area (Å²) in [6, 6.07) is 55.4. The number of pyridine rings is 4. The monoisotopic (exact) mass is 668 g/mol. The van der Waals surface area contributed by atoms with Gasteiger partial charge in [0.15, 0.2) is 0 Å². The molecule has 5 heterocycles. The molecular formula is C46H28N4S. The van der Waals surface area contributed by atoms with Crippen molar-refractivity contribution in [1.29, 1.82) is 0 Å². The van der Waals surface area contributed by atoms with Gasteiger partial charge in [-0.05, 0) is 82.9 Å². The quantitative estimate of drug-likeness (QED) is 0.171. The molecule has 10 rings (SSSR count). The van der Waals surface area contributed by atoms with E-state index in [2.05, 4.69) is 131 Å². The van der Waals surface area contributed by atoms with E-state index in [1.54, 1.807) is 12.4 Å². The lowest BCUT2D eigenvalue weighted by atomic mass is 9.95. The summed E-state index contributed by atoms with van der Waals surface area (Å²) in [4.78, 5) is 19.3. The Hall–Kier alpha value is -6.56. The van der Waals surface area contributed by atoms with Crippen molar-refractivity contribution in [3.63, 3.8) is 0 Å². The van der Waals surface area contributed by atoms with Gasteiger partial charge in [-0.25, -0.2) is 9.97 Å². The van der Waals surface area contributed by atoms with Crippen LogP contribution in [0.25, 0.3) is 98.1 Å². The summed E-state index contributed by atoms with van der Waals surface area (Å²) in [6.45, 7) is 0. The largest absolute Gasteiger partial charge is 0.255 e. The fourth-order valence-electron chi connectivity index (χ4n) is 7.15. The predicted octanol–water partition coefficient (Wildman–Crippen LogP) is 12.3. The molecule has 0 spiro atoms. The summed E-state index contributed by atoms with van der Waals surface area (Å²) in [5.74, 6) is 0. The third kappa shape index (κ3) is 5.14. The molecule has 51 heavy (non-hydrogen) atoms. The van der Waals surface area contributed by atoms with Crippen LogP contribution in [0.5, 0.6) is 0 Å². The van der Waals surface area contributed by atoms with E-state index in [1.165, 1.54) is 47.5 Å². The Morgan fingerprint density at radius 2 is 0.980 bits per heavy atom. The van der Waals surface area contributed by atoms with Crippen LogP contribution in [-0.2, 0) is 0 Å². The molecule has 0 unspecified atom stereocenters. The standard InChI is InChI=1S/C46H28N4S/c1-2-10-31(11-3-1)46-35-21-23-43-45(44(35)34-12-4-5-13-37(34)50-46)36-26-32(20-22-42(36)51-43)29-16-18-30(19-17-29)33-27-40(38-14-6-8-24-47-38)49-41(28-33)39-15-7-9-25-48-39/h1-28H. The molecule has 0 bridgehead atoms. The smallest absolute Gasteiger partial charge is 0.0900 e. The lowest BCUT2D eigenvalue weighted by Gasteiger charge is -2.12. The van der Waals surface area contributed by atoms with Gasteiger partial charge < -0.3 is 0 Å². The lowest BCUT2D eigenvalue weighted by Crippen LogP contribution is -1.93. The maximum absolute atomic E-state index is 5.18. The molecule has 0 saturated heterocycles. The third-order valence-corrected chi connectivity index (χ3v) is 10.7. The molecule has 0 N–H and O–H groups in total. The zero-order valence-electron chi connectivity index (χ0n) is 27.4. The zero-order chi connectivity index (χ0) is 33.7. The SMILES string of the molecule is c1ccc(-c2nc3ccccc3c3c2ccc2sc4ccc(-c5ccc(-c6cc(-c7ccccn7)nc(-c7ccccn7)c6)cc5)cc4c23)cc1. The Morgan fingerprint density at radius 3 is 1.69 bits per heavy atom. The molecule has 4 nitrogen and oxygen atoms in total. The number of rotatable bonds is 5. The summed E-state index contributed by atoms with van der Waals surface area (Å²) in [5.41, 5.74) is 11.0. The average Bonchev–Trinajstić information content (AvgIpc) is 3.59. The summed E-state index contributed by atoms with van der Waals surface area (Å²) < 4.78 is 2.56. The van der Waals surface area contributed by atoms with Gasteiger partial charge >= 0.3 is 0 Å². The van der Waals surface area contributed by atoms with Crippen molar-refractivity contribution in [3.8, 4) is 56.3 Å². The van der Waals surface area contributed by atoms with Gasteiger partial charge in [0, 0.05) is 54.3 Å². The number of fused-ring (bicyclic) bond motifs is 7. The highest BCUT2D eigenvalue weighted by molar-refractivity contribution is 7.26. The minimum Gasteiger partial charge on any atom is -0.255 e. The Labute approximate surface area is 298 Å². The van der Waals surface area contributed by atoms with E-state index in [4.69, 9.17) is 9.97 Å². The summed E-state index contributed by atoms with van der Waals surface area (Å²) >= 11 is 1.85. The number of thiophene rings is 1. The normalized spacial score (nSPS) is 11.5. The van der Waals surface area contributed by atoms with Crippen molar-refractivity contribution in [2.24, 2.45) is 0 Å². The van der Waals surface area contributed by atoms with E-state index in [-0.39, 0.29) is 0 Å². The lowest BCUT2D eigenvalue weighted by molar-refractivity contribution is 1.22. The fraction of sp³-hybridized carbons (Fsp3) is 0. The second kappa shape index (κ2) is 12.1. The number of benzene rings is 5. The average molecular weight is 669 g/mol. The topological polar surface area (TPSA) is 51.6 Å². The zero-order valence-corrected chi connectivity index (χ0v) is 28.2. The number of aromatic nitrogens is 4. The molecular weight excluding hydrogens is 641 g/mol. The predicted molar refractivity (Wildman–Crippen MR) is 213 cm³/mol. The molecule has 0 aliphatic carbocycles. The number of hydrogen-bond acceptors (Lipinski definition) is 5. The van der Waals surface area contributed by atoms with E-state index in [1.807, 2.05) is 47.7 Å². The Morgan fingerprint density at radius 1 is 0.353 bits per heavy atom. The van der Waals surface area contributed by atoms with Crippen molar-refractivity contribution in [3.05, 3.63) is 170 Å². The highest BCUT2D eigenvalue weighted by Crippen LogP contribution is 2.44. The molecule has 5 aromatic carbocycles. The molecule has 5 aromatic heterocycles. The van der Waals surface area contributed by atoms with Gasteiger partial charge in [-0.3, -0.25) is 9.97 Å². The molecule has 0 fully saturated rings. The van der Waals surface area contributed by atoms with Crippen molar-refractivity contribution in [2.45, 2.75) is 0 Å². The van der Waals surface area contributed by atoms with Crippen molar-refractivity contribution in [1.82, 2.24) is 19.9 Å². The van der Waals surface area contributed by atoms with E-state index in [0.717, 1.165) is 50.7 Å². The molecule has 0 atom stereocenters. The highest BCUT2D eigenvalue weighted by atomic mass is 32.1. The maximum atomic E-state index is 5.18. The minimum absolute atomic E-state index is 0.818. The van der Waals surface area contributed by atoms with Crippen molar-refractivity contribution in [2.75, 3.05) is 0 Å². The molecule has 0 aliphatic rings. The minimum atomic E-state index is 0.818. The molecule has 238 valence electrons. The van der Waals surface area contributed by atoms with E-state index in [0.29, 0.717) is 0 Å². The van der Waals surface area contributed by atoms with E-state index >= 15 is 0 Å². The first-order valence-corrected chi connectivity index (χ1v) is 17.8. The molecule has 0 aliphatic heterocycles. The fourth-order valence-corrected chi connectivity index (χ4v) is 8.24. The van der Waals surface area contributed by atoms with Crippen LogP contribution in [0, 0.1) is 0 Å². The highest BCUT2D eigenvalue weighted by Gasteiger charge is 2.17. The second-order valence-electron chi connectivity index (χ2n) is 12.7. The van der Waals surface area contributed by atoms with Crippen LogP contribution in [0.1, 0.15) is 0 Å². The van der Waals surface area contributed by atoms with E-state index in [9.17, 15) is 0 Å². The molecule has 10 aromatic rings. The maximum Gasteiger partial charge on any atom is 0.0900 e. The Balaban J connectivity index is 1.11. The van der Waals surface area contributed by atoms with Gasteiger partial charge in [-0.1, -0.05) is 97.1 Å². The summed E-state index contributed by atoms with van der Waals surface area (Å²) in [6.07, 6.45) is 3.60. The number of hydrogen-bond donors (Lipinski definition) is 0. The first-order chi connectivity index (χ1) is 25.3. The van der Waals surface area contributed by atoms with Gasteiger partial charge in [0.2, 0.25) is 0 Å². The second-order valence-corrected chi connectivity index (χ2v) is 13.7. The first-order valence-electron chi connectivity index (χ1n) is 17.0. The van der Waals surface area contributed by atoms with Crippen molar-refractivity contribution >= 4 is 53.2 Å². The first kappa shape index (κ1) is 29.4. The summed E-state index contributed by atoms with van der Waals surface area (Å²) in [5, 5.41) is 6.18. The van der Waals surface area contributed by atoms with Gasteiger partial charge in [0.25, 0.3) is 0 Å². The third-order valence-electron chi connectivity index (χ3n) is 9.58. The van der Waals surface area contributed by atoms with Gasteiger partial charge in [0.1, 0.15) is 0 Å². The van der Waals surface area contributed by atoms with Crippen LogP contribution in [0.15, 0.2) is 170 Å². The van der Waals surface area contributed by atoms with Gasteiger partial charge in [-0.15, -0.1) is 11.3 Å². The van der Waals surface area contributed by atoms with Crippen molar-refractivity contribution < 1.29 is 0 Å². The summed E-state index contributed by atoms with van der Waals surface area (Å²) in [7, 11) is 0. The van der Waals surface area contributed by atoms with Crippen LogP contribution in [0.3, 0.4) is 0 Å². The van der Waals surface area contributed by atoms with Crippen LogP contribution in [0.2, 0.25) is 0 Å².